The Morgan fingerprint density at radius 3 is 2.42 bits per heavy atom. The van der Waals surface area contributed by atoms with Gasteiger partial charge in [-0.15, -0.1) is 0 Å². The van der Waals surface area contributed by atoms with Crippen LogP contribution in [0.3, 0.4) is 0 Å². The average molecular weight is 450 g/mol. The van der Waals surface area contributed by atoms with Crippen molar-refractivity contribution in [3.8, 4) is 11.5 Å². The predicted octanol–water partition coefficient (Wildman–Crippen LogP) is 4.06. The molecule has 2 heterocycles. The topological polar surface area (TPSA) is 55.8 Å². The zero-order valence-electron chi connectivity index (χ0n) is 17.5. The monoisotopic (exact) mass is 449 g/mol. The van der Waals surface area contributed by atoms with E-state index in [0.717, 1.165) is 5.56 Å². The average Bonchev–Trinajstić information content (AvgIpc) is 2.97. The summed E-state index contributed by atoms with van der Waals surface area (Å²) < 4.78 is 65.5. The van der Waals surface area contributed by atoms with Crippen molar-refractivity contribution in [3.05, 3.63) is 64.3 Å². The summed E-state index contributed by atoms with van der Waals surface area (Å²) in [6, 6.07) is 9.45. The van der Waals surface area contributed by atoms with Crippen LogP contribution in [0.2, 0.25) is 0 Å². The van der Waals surface area contributed by atoms with Crippen molar-refractivity contribution in [1.29, 1.82) is 0 Å². The van der Waals surface area contributed by atoms with Crippen LogP contribution in [-0.2, 0) is 22.8 Å². The number of allylic oxidation sites excluding steroid dienone is 2. The third kappa shape index (κ3) is 4.32. The number of nitrogens with zero attached hydrogens (tertiary/aromatic N) is 1. The van der Waals surface area contributed by atoms with Gasteiger partial charge in [0.25, 0.3) is 0 Å². The van der Waals surface area contributed by atoms with Gasteiger partial charge in [0, 0.05) is 32.1 Å². The van der Waals surface area contributed by atoms with Crippen molar-refractivity contribution in [2.75, 3.05) is 27.3 Å². The largest absolute Gasteiger partial charge is 0.493 e. The number of piperidine rings is 1. The number of alkyl halides is 1. The summed E-state index contributed by atoms with van der Waals surface area (Å²) in [5.41, 5.74) is -0.283. The van der Waals surface area contributed by atoms with Crippen molar-refractivity contribution in [2.24, 2.45) is 0 Å². The first-order valence-electron chi connectivity index (χ1n) is 10.1. The van der Waals surface area contributed by atoms with Crippen LogP contribution >= 0.6 is 0 Å². The Morgan fingerprint density at radius 1 is 1.10 bits per heavy atom. The lowest BCUT2D eigenvalue weighted by Gasteiger charge is -2.35. The summed E-state index contributed by atoms with van der Waals surface area (Å²) in [5, 5.41) is 0. The van der Waals surface area contributed by atoms with Crippen LogP contribution < -0.4 is 9.47 Å². The van der Waals surface area contributed by atoms with Crippen LogP contribution in [0, 0.1) is 5.82 Å². The van der Waals surface area contributed by atoms with Crippen LogP contribution in [-0.4, -0.2) is 46.3 Å². The Morgan fingerprint density at radius 2 is 1.77 bits per heavy atom. The van der Waals surface area contributed by atoms with E-state index in [1.807, 2.05) is 6.07 Å². The number of methoxy groups -OCH3 is 2. The second-order valence-electron chi connectivity index (χ2n) is 8.05. The van der Waals surface area contributed by atoms with E-state index in [-0.39, 0.29) is 34.9 Å². The smallest absolute Gasteiger partial charge is 0.203 e. The van der Waals surface area contributed by atoms with Gasteiger partial charge < -0.3 is 9.47 Å². The first kappa shape index (κ1) is 21.8. The minimum atomic E-state index is -3.78. The minimum absolute atomic E-state index is 0.0823. The molecular weight excluding hydrogens is 424 g/mol. The molecule has 0 N–H and O–H groups in total. The molecule has 0 amide bonds. The van der Waals surface area contributed by atoms with Crippen molar-refractivity contribution >= 4 is 9.84 Å². The number of likely N-dealkylation sites (tertiary alicyclic amines) is 1. The van der Waals surface area contributed by atoms with E-state index in [2.05, 4.69) is 4.90 Å². The van der Waals surface area contributed by atoms with Gasteiger partial charge in [0.1, 0.15) is 11.5 Å². The standard InChI is InChI=1S/C23H25F2NO4S/c1-29-20-12-17-11-19(31(27,28)22(17)13-21(20)30-2)14-23(25)6-8-26(9-7-23)15-16-4-3-5-18(24)10-16/h3-5,10,12-14H,6-9,11,15H2,1-2H3/b19-14+. The molecule has 31 heavy (non-hydrogen) atoms. The lowest BCUT2D eigenvalue weighted by Crippen LogP contribution is -2.40. The highest BCUT2D eigenvalue weighted by molar-refractivity contribution is 7.95. The number of benzene rings is 2. The summed E-state index contributed by atoms with van der Waals surface area (Å²) >= 11 is 0. The molecule has 0 saturated carbocycles. The Kier molecular flexibility index (Phi) is 5.79. The third-order valence-corrected chi connectivity index (χ3v) is 7.88. The molecule has 2 aromatic carbocycles. The lowest BCUT2D eigenvalue weighted by atomic mass is 9.92. The van der Waals surface area contributed by atoms with Crippen LogP contribution in [0.4, 0.5) is 8.78 Å². The van der Waals surface area contributed by atoms with Gasteiger partial charge in [-0.2, -0.15) is 0 Å². The molecule has 1 saturated heterocycles. The highest BCUT2D eigenvalue weighted by atomic mass is 32.2. The van der Waals surface area contributed by atoms with Crippen LogP contribution in [0.5, 0.6) is 11.5 Å². The first-order valence-corrected chi connectivity index (χ1v) is 11.6. The van der Waals surface area contributed by atoms with E-state index in [1.165, 1.54) is 38.5 Å². The van der Waals surface area contributed by atoms with Gasteiger partial charge in [-0.05, 0) is 48.2 Å². The number of hydrogen-bond acceptors (Lipinski definition) is 5. The molecule has 2 aliphatic heterocycles. The van der Waals surface area contributed by atoms with Gasteiger partial charge in [0.2, 0.25) is 9.84 Å². The van der Waals surface area contributed by atoms with Gasteiger partial charge in [-0.3, -0.25) is 4.90 Å². The van der Waals surface area contributed by atoms with Gasteiger partial charge >= 0.3 is 0 Å². The molecule has 0 unspecified atom stereocenters. The fourth-order valence-corrected chi connectivity index (χ4v) is 5.99. The molecule has 2 aliphatic rings. The molecule has 0 aromatic heterocycles. The van der Waals surface area contributed by atoms with Crippen LogP contribution in [0.25, 0.3) is 0 Å². The van der Waals surface area contributed by atoms with Crippen molar-refractivity contribution in [2.45, 2.75) is 36.4 Å². The SMILES string of the molecule is COc1cc2c(cc1OC)S(=O)(=O)/C(=C/C1(F)CCN(Cc3cccc(F)c3)CC1)C2. The van der Waals surface area contributed by atoms with E-state index in [9.17, 15) is 12.8 Å². The Bertz CT molecular complexity index is 1120. The molecule has 4 rings (SSSR count). The summed E-state index contributed by atoms with van der Waals surface area (Å²) in [7, 11) is -0.852. The molecule has 8 heteroatoms. The van der Waals surface area contributed by atoms with Crippen molar-refractivity contribution < 1.29 is 26.7 Å². The van der Waals surface area contributed by atoms with Gasteiger partial charge in [-0.25, -0.2) is 17.2 Å². The molecular formula is C23H25F2NO4S. The fraction of sp³-hybridized carbons (Fsp3) is 0.391. The zero-order valence-corrected chi connectivity index (χ0v) is 18.3. The molecule has 1 fully saturated rings. The molecule has 166 valence electrons. The van der Waals surface area contributed by atoms with E-state index in [4.69, 9.17) is 9.47 Å². The molecule has 0 radical (unpaired) electrons. The number of halogens is 2. The first-order chi connectivity index (χ1) is 14.7. The quantitative estimate of drug-likeness (QED) is 0.689. The highest BCUT2D eigenvalue weighted by Crippen LogP contribution is 2.43. The number of rotatable bonds is 5. The Balaban J connectivity index is 1.51. The molecule has 2 aromatic rings. The van der Waals surface area contributed by atoms with E-state index in [0.29, 0.717) is 36.7 Å². The summed E-state index contributed by atoms with van der Waals surface area (Å²) in [4.78, 5) is 2.28. The second-order valence-corrected chi connectivity index (χ2v) is 10.0. The zero-order chi connectivity index (χ0) is 22.2. The molecule has 5 nitrogen and oxygen atoms in total. The van der Waals surface area contributed by atoms with Gasteiger partial charge in [-0.1, -0.05) is 12.1 Å². The molecule has 0 bridgehead atoms. The predicted molar refractivity (Wildman–Crippen MR) is 113 cm³/mol. The van der Waals surface area contributed by atoms with Gasteiger partial charge in [0.15, 0.2) is 11.5 Å². The normalized spacial score (nSPS) is 21.1. The Hall–Kier alpha value is -2.45. The maximum absolute atomic E-state index is 15.6. The minimum Gasteiger partial charge on any atom is -0.493 e. The molecule has 0 aliphatic carbocycles. The van der Waals surface area contributed by atoms with Crippen LogP contribution in [0.1, 0.15) is 24.0 Å². The van der Waals surface area contributed by atoms with E-state index >= 15 is 4.39 Å². The molecule has 0 spiro atoms. The summed E-state index contributed by atoms with van der Waals surface area (Å²) in [6.07, 6.45) is 1.80. The van der Waals surface area contributed by atoms with Gasteiger partial charge in [0.05, 0.1) is 24.0 Å². The van der Waals surface area contributed by atoms with Crippen molar-refractivity contribution in [3.63, 3.8) is 0 Å². The maximum atomic E-state index is 15.6. The third-order valence-electron chi connectivity index (χ3n) is 5.97. The number of hydrogen-bond donors (Lipinski definition) is 0. The summed E-state index contributed by atoms with van der Waals surface area (Å²) in [6.45, 7) is 1.46. The van der Waals surface area contributed by atoms with Crippen LogP contribution in [0.15, 0.2) is 52.3 Å². The molecule has 0 atom stereocenters. The summed E-state index contributed by atoms with van der Waals surface area (Å²) in [5.74, 6) is 0.475. The van der Waals surface area contributed by atoms with Crippen molar-refractivity contribution in [1.82, 2.24) is 4.90 Å². The number of fused-ring (bicyclic) bond motifs is 1. The number of ether oxygens (including phenoxy) is 2. The number of sulfone groups is 1. The fourth-order valence-electron chi connectivity index (χ4n) is 4.25. The lowest BCUT2D eigenvalue weighted by molar-refractivity contribution is 0.0924. The maximum Gasteiger partial charge on any atom is 0.203 e. The second kappa shape index (κ2) is 8.24. The van der Waals surface area contributed by atoms with E-state index in [1.54, 1.807) is 12.1 Å². The highest BCUT2D eigenvalue weighted by Gasteiger charge is 2.39. The Labute approximate surface area is 181 Å². The van der Waals surface area contributed by atoms with E-state index < -0.39 is 15.5 Å².